The van der Waals surface area contributed by atoms with Gasteiger partial charge in [-0.15, -0.1) is 0 Å². The third-order valence-corrected chi connectivity index (χ3v) is 1.63. The first-order valence-electron chi connectivity index (χ1n) is 3.55. The second-order valence-electron chi connectivity index (χ2n) is 2.48. The maximum Gasteiger partial charge on any atom is 0.295 e. The van der Waals surface area contributed by atoms with E-state index < -0.39 is 5.72 Å². The Morgan fingerprint density at radius 3 is 2.92 bits per heavy atom. The van der Waals surface area contributed by atoms with Gasteiger partial charge in [0.15, 0.2) is 0 Å². The second-order valence-corrected chi connectivity index (χ2v) is 2.48. The number of carbonyl (C=O) groups excluding carboxylic acids is 2. The first-order chi connectivity index (χ1) is 6.23. The van der Waals surface area contributed by atoms with Gasteiger partial charge in [-0.2, -0.15) is 5.10 Å². The highest BCUT2D eigenvalue weighted by Gasteiger charge is 2.28. The zero-order chi connectivity index (χ0) is 9.73. The fourth-order valence-electron chi connectivity index (χ4n) is 0.906. The van der Waals surface area contributed by atoms with Crippen LogP contribution in [-0.2, 0) is 20.1 Å². The molecule has 0 radical (unpaired) electrons. The number of H-pyrrole nitrogens is 1. The molecule has 0 aromatic carbocycles. The van der Waals surface area contributed by atoms with Crippen LogP contribution in [0.4, 0.5) is 0 Å². The minimum absolute atomic E-state index is 0.261. The van der Waals surface area contributed by atoms with E-state index in [0.29, 0.717) is 12.1 Å². The molecule has 6 nitrogen and oxygen atoms in total. The highest BCUT2D eigenvalue weighted by atomic mass is 16.6. The van der Waals surface area contributed by atoms with E-state index in [9.17, 15) is 9.59 Å². The number of aromatic amines is 1. The molecule has 0 aliphatic carbocycles. The van der Waals surface area contributed by atoms with E-state index in [1.165, 1.54) is 13.1 Å². The maximum atomic E-state index is 10.2. The molecule has 0 aliphatic rings. The van der Waals surface area contributed by atoms with Crippen molar-refractivity contribution in [3.63, 3.8) is 0 Å². The van der Waals surface area contributed by atoms with Crippen molar-refractivity contribution in [3.8, 4) is 0 Å². The number of amides is 1. The molecule has 70 valence electrons. The van der Waals surface area contributed by atoms with Gasteiger partial charge in [-0.05, 0) is 6.07 Å². The number of hydrogen-bond acceptors (Lipinski definition) is 4. The van der Waals surface area contributed by atoms with Crippen LogP contribution < -0.4 is 5.32 Å². The van der Waals surface area contributed by atoms with Gasteiger partial charge < -0.3 is 10.1 Å². The molecule has 0 spiro atoms. The van der Waals surface area contributed by atoms with Gasteiger partial charge in [-0.25, -0.2) is 0 Å². The van der Waals surface area contributed by atoms with Crippen molar-refractivity contribution >= 4 is 12.9 Å². The quantitative estimate of drug-likeness (QED) is 0.476. The summed E-state index contributed by atoms with van der Waals surface area (Å²) in [6.07, 6.45) is 1.94. The van der Waals surface area contributed by atoms with E-state index in [1.807, 2.05) is 0 Å². The van der Waals surface area contributed by atoms with E-state index in [2.05, 4.69) is 15.5 Å². The van der Waals surface area contributed by atoms with Crippen LogP contribution in [0.2, 0.25) is 0 Å². The molecule has 1 aromatic heterocycles. The van der Waals surface area contributed by atoms with Gasteiger partial charge >= 0.3 is 0 Å². The van der Waals surface area contributed by atoms with Gasteiger partial charge in [0.25, 0.3) is 6.47 Å². The maximum absolute atomic E-state index is 10.2. The van der Waals surface area contributed by atoms with E-state index in [1.54, 1.807) is 6.07 Å². The Balaban J connectivity index is 2.89. The van der Waals surface area contributed by atoms with Crippen LogP contribution in [0.15, 0.2) is 12.3 Å². The molecule has 0 bridgehead atoms. The zero-order valence-electron chi connectivity index (χ0n) is 6.98. The number of nitrogens with zero attached hydrogens (tertiary/aromatic N) is 1. The SMILES string of the molecule is CC(NC=O)(OC=O)c1ccn[nH]1. The number of hydrogen-bond donors (Lipinski definition) is 2. The average Bonchev–Trinajstić information content (AvgIpc) is 2.57. The van der Waals surface area contributed by atoms with Crippen LogP contribution in [0.25, 0.3) is 0 Å². The lowest BCUT2D eigenvalue weighted by Gasteiger charge is -2.24. The van der Waals surface area contributed by atoms with Crippen LogP contribution >= 0.6 is 0 Å². The van der Waals surface area contributed by atoms with Gasteiger partial charge in [0, 0.05) is 13.1 Å². The van der Waals surface area contributed by atoms with Crippen molar-refractivity contribution in [1.82, 2.24) is 15.5 Å². The number of carbonyl (C=O) groups is 2. The molecule has 0 fully saturated rings. The molecule has 0 saturated carbocycles. The molecule has 1 amide bonds. The highest BCUT2D eigenvalue weighted by Crippen LogP contribution is 2.17. The van der Waals surface area contributed by atoms with Crippen LogP contribution in [0.5, 0.6) is 0 Å². The minimum atomic E-state index is -1.18. The van der Waals surface area contributed by atoms with Crippen molar-refractivity contribution < 1.29 is 14.3 Å². The lowest BCUT2D eigenvalue weighted by molar-refractivity contribution is -0.148. The Morgan fingerprint density at radius 2 is 2.46 bits per heavy atom. The molecule has 1 rings (SSSR count). The van der Waals surface area contributed by atoms with Gasteiger partial charge in [0.05, 0.1) is 5.69 Å². The van der Waals surface area contributed by atoms with Gasteiger partial charge in [0.2, 0.25) is 12.1 Å². The fourth-order valence-corrected chi connectivity index (χ4v) is 0.906. The van der Waals surface area contributed by atoms with Gasteiger partial charge in [-0.3, -0.25) is 14.7 Å². The molecule has 0 saturated heterocycles. The molecule has 0 aliphatic heterocycles. The molecule has 1 atom stereocenters. The molecule has 1 heterocycles. The third-order valence-electron chi connectivity index (χ3n) is 1.63. The lowest BCUT2D eigenvalue weighted by atomic mass is 10.2. The fraction of sp³-hybridized carbons (Fsp3) is 0.286. The predicted molar refractivity (Wildman–Crippen MR) is 42.3 cm³/mol. The number of aromatic nitrogens is 2. The molecule has 13 heavy (non-hydrogen) atoms. The summed E-state index contributed by atoms with van der Waals surface area (Å²) >= 11 is 0. The smallest absolute Gasteiger partial charge is 0.295 e. The zero-order valence-corrected chi connectivity index (χ0v) is 6.98. The first-order valence-corrected chi connectivity index (χ1v) is 3.55. The minimum Gasteiger partial charge on any atom is -0.435 e. The van der Waals surface area contributed by atoms with Crippen molar-refractivity contribution in [2.24, 2.45) is 0 Å². The van der Waals surface area contributed by atoms with Crippen molar-refractivity contribution in [2.75, 3.05) is 0 Å². The number of rotatable bonds is 5. The van der Waals surface area contributed by atoms with Crippen molar-refractivity contribution in [2.45, 2.75) is 12.6 Å². The molecular weight excluding hydrogens is 174 g/mol. The second kappa shape index (κ2) is 3.70. The van der Waals surface area contributed by atoms with Gasteiger partial charge in [-0.1, -0.05) is 0 Å². The van der Waals surface area contributed by atoms with Crippen LogP contribution in [0.3, 0.4) is 0 Å². The Labute approximate surface area is 74.3 Å². The molecule has 1 unspecified atom stereocenters. The Morgan fingerprint density at radius 1 is 1.69 bits per heavy atom. The summed E-state index contributed by atoms with van der Waals surface area (Å²) in [5.74, 6) is 0. The van der Waals surface area contributed by atoms with Crippen LogP contribution in [-0.4, -0.2) is 23.1 Å². The lowest BCUT2D eigenvalue weighted by Crippen LogP contribution is -2.41. The Kier molecular flexibility index (Phi) is 2.63. The summed E-state index contributed by atoms with van der Waals surface area (Å²) in [7, 11) is 0. The van der Waals surface area contributed by atoms with E-state index in [-0.39, 0.29) is 6.47 Å². The summed E-state index contributed by atoms with van der Waals surface area (Å²) in [6, 6.07) is 1.60. The highest BCUT2D eigenvalue weighted by molar-refractivity contribution is 5.49. The largest absolute Gasteiger partial charge is 0.435 e. The average molecular weight is 183 g/mol. The summed E-state index contributed by atoms with van der Waals surface area (Å²) in [5.41, 5.74) is -0.688. The topological polar surface area (TPSA) is 84.1 Å². The summed E-state index contributed by atoms with van der Waals surface area (Å²) < 4.78 is 4.72. The summed E-state index contributed by atoms with van der Waals surface area (Å²) in [4.78, 5) is 20.4. The van der Waals surface area contributed by atoms with E-state index >= 15 is 0 Å². The van der Waals surface area contributed by atoms with E-state index in [0.717, 1.165) is 0 Å². The molecule has 6 heteroatoms. The Hall–Kier alpha value is -1.85. The summed E-state index contributed by atoms with van der Waals surface area (Å²) in [6.45, 7) is 1.79. The van der Waals surface area contributed by atoms with Crippen molar-refractivity contribution in [3.05, 3.63) is 18.0 Å². The molecule has 1 aromatic rings. The summed E-state index contributed by atoms with van der Waals surface area (Å²) in [5, 5.41) is 8.63. The van der Waals surface area contributed by atoms with Gasteiger partial charge in [0.1, 0.15) is 0 Å². The standard InChI is InChI=1S/C7H9N3O3/c1-7(8-4-11,13-5-12)6-2-3-9-10-6/h2-5H,1H3,(H,8,11)(H,9,10). The van der Waals surface area contributed by atoms with Crippen LogP contribution in [0, 0.1) is 0 Å². The first kappa shape index (κ1) is 9.24. The molecular formula is C7H9N3O3. The van der Waals surface area contributed by atoms with Crippen molar-refractivity contribution in [1.29, 1.82) is 0 Å². The Bertz CT molecular complexity index is 273. The normalized spacial score (nSPS) is 14.2. The van der Waals surface area contributed by atoms with E-state index in [4.69, 9.17) is 4.74 Å². The monoisotopic (exact) mass is 183 g/mol. The van der Waals surface area contributed by atoms with Crippen LogP contribution in [0.1, 0.15) is 12.6 Å². The predicted octanol–water partition coefficient (Wildman–Crippen LogP) is -0.499. The number of nitrogens with one attached hydrogen (secondary N) is 2. The number of ether oxygens (including phenoxy) is 1. The third kappa shape index (κ3) is 1.84. The molecule has 2 N–H and O–H groups in total.